The van der Waals surface area contributed by atoms with Crippen molar-refractivity contribution in [3.63, 3.8) is 0 Å². The molecule has 0 aliphatic carbocycles. The molecule has 1 unspecified atom stereocenters. The third-order valence-electron chi connectivity index (χ3n) is 5.82. The Morgan fingerprint density at radius 3 is 2.49 bits per heavy atom. The van der Waals surface area contributed by atoms with Crippen LogP contribution in [0, 0.1) is 13.8 Å². The quantitative estimate of drug-likeness (QED) is 0.397. The van der Waals surface area contributed by atoms with Gasteiger partial charge in [0.15, 0.2) is 6.10 Å². The average molecular weight is 500 g/mol. The maximum absolute atomic E-state index is 13.1. The Balaban J connectivity index is 1.40. The minimum Gasteiger partial charge on any atom is -0.480 e. The normalized spacial score (nSPS) is 15.1. The predicted octanol–water partition coefficient (Wildman–Crippen LogP) is 4.40. The molecule has 0 spiro atoms. The van der Waals surface area contributed by atoms with Gasteiger partial charge in [-0.15, -0.1) is 10.2 Å². The highest BCUT2D eigenvalue weighted by Gasteiger charge is 2.31. The highest BCUT2D eigenvalue weighted by atomic mass is 16.5. The number of rotatable bonds is 7. The number of ether oxygens (including phenoxy) is 2. The van der Waals surface area contributed by atoms with Crippen molar-refractivity contribution in [1.29, 1.82) is 0 Å². The molecular formula is C27H25N5O5. The third kappa shape index (κ3) is 5.58. The van der Waals surface area contributed by atoms with Crippen LogP contribution in [0.25, 0.3) is 11.5 Å². The molecule has 10 heteroatoms. The number of nitrogens with one attached hydrogen (secondary N) is 1. The van der Waals surface area contributed by atoms with Crippen LogP contribution in [0.2, 0.25) is 0 Å². The number of aryl methyl sites for hydroxylation is 2. The van der Waals surface area contributed by atoms with Crippen molar-refractivity contribution in [2.45, 2.75) is 26.4 Å². The first-order chi connectivity index (χ1) is 17.8. The zero-order valence-electron chi connectivity index (χ0n) is 20.6. The molecule has 1 N–H and O–H groups in total. The molecule has 2 aromatic carbocycles. The number of likely N-dealkylation sites (tertiary alicyclic amines) is 1. The SMILES string of the molecule is Cc1ccnc(NC(=O)c2cc(Oc3ccc(-c4nnc(C)o4)cc3)cc(OC3CCN(C)C3=O)c2)c1. The van der Waals surface area contributed by atoms with E-state index in [1.54, 1.807) is 73.6 Å². The lowest BCUT2D eigenvalue weighted by Crippen LogP contribution is -2.29. The number of benzene rings is 2. The number of carbonyl (C=O) groups is 2. The van der Waals surface area contributed by atoms with Crippen LogP contribution in [0.15, 0.2) is 65.2 Å². The molecule has 37 heavy (non-hydrogen) atoms. The van der Waals surface area contributed by atoms with Crippen molar-refractivity contribution in [3.8, 4) is 28.7 Å². The van der Waals surface area contributed by atoms with E-state index < -0.39 is 6.10 Å². The Labute approximate surface area is 213 Å². The van der Waals surface area contributed by atoms with E-state index in [0.717, 1.165) is 11.1 Å². The van der Waals surface area contributed by atoms with Gasteiger partial charge in [-0.3, -0.25) is 9.59 Å². The van der Waals surface area contributed by atoms with E-state index in [1.807, 2.05) is 13.0 Å². The zero-order valence-corrected chi connectivity index (χ0v) is 20.6. The van der Waals surface area contributed by atoms with Gasteiger partial charge in [0.25, 0.3) is 11.8 Å². The molecule has 2 amide bonds. The smallest absolute Gasteiger partial charge is 0.263 e. The lowest BCUT2D eigenvalue weighted by atomic mass is 10.1. The van der Waals surface area contributed by atoms with Gasteiger partial charge in [0, 0.05) is 50.3 Å². The van der Waals surface area contributed by atoms with E-state index in [2.05, 4.69) is 20.5 Å². The van der Waals surface area contributed by atoms with Crippen molar-refractivity contribution in [1.82, 2.24) is 20.1 Å². The van der Waals surface area contributed by atoms with Crippen LogP contribution >= 0.6 is 0 Å². The minimum absolute atomic E-state index is 0.104. The second-order valence-corrected chi connectivity index (χ2v) is 8.77. The summed E-state index contributed by atoms with van der Waals surface area (Å²) in [4.78, 5) is 31.3. The van der Waals surface area contributed by atoms with Gasteiger partial charge in [-0.25, -0.2) is 4.98 Å². The fourth-order valence-electron chi connectivity index (χ4n) is 3.90. The zero-order chi connectivity index (χ0) is 25.9. The molecule has 10 nitrogen and oxygen atoms in total. The van der Waals surface area contributed by atoms with Gasteiger partial charge < -0.3 is 24.1 Å². The van der Waals surface area contributed by atoms with Gasteiger partial charge >= 0.3 is 0 Å². The summed E-state index contributed by atoms with van der Waals surface area (Å²) >= 11 is 0. The highest BCUT2D eigenvalue weighted by molar-refractivity contribution is 6.04. The van der Waals surface area contributed by atoms with Gasteiger partial charge in [-0.1, -0.05) is 0 Å². The van der Waals surface area contributed by atoms with Crippen LogP contribution in [0.3, 0.4) is 0 Å². The average Bonchev–Trinajstić information content (AvgIpc) is 3.45. The van der Waals surface area contributed by atoms with Crippen molar-refractivity contribution in [3.05, 3.63) is 77.8 Å². The lowest BCUT2D eigenvalue weighted by molar-refractivity contribution is -0.132. The van der Waals surface area contributed by atoms with E-state index in [-0.39, 0.29) is 11.8 Å². The second kappa shape index (κ2) is 10.1. The molecule has 0 radical (unpaired) electrons. The molecule has 2 aromatic heterocycles. The first-order valence-electron chi connectivity index (χ1n) is 11.7. The van der Waals surface area contributed by atoms with Crippen LogP contribution in [-0.2, 0) is 4.79 Å². The highest BCUT2D eigenvalue weighted by Crippen LogP contribution is 2.31. The Morgan fingerprint density at radius 1 is 1.03 bits per heavy atom. The molecule has 1 atom stereocenters. The van der Waals surface area contributed by atoms with Crippen molar-refractivity contribution >= 4 is 17.6 Å². The standard InChI is InChI=1S/C27H25N5O5/c1-16-8-10-28-24(12-16)29-25(33)19-13-21(15-22(14-19)37-23-9-11-32(3)27(23)34)36-20-6-4-18(5-7-20)26-31-30-17(2)35-26/h4-8,10,12-15,23H,9,11H2,1-3H3,(H,28,29,33). The Morgan fingerprint density at radius 2 is 1.81 bits per heavy atom. The van der Waals surface area contributed by atoms with Gasteiger partial charge in [0.2, 0.25) is 11.8 Å². The molecular weight excluding hydrogens is 474 g/mol. The number of pyridine rings is 1. The third-order valence-corrected chi connectivity index (χ3v) is 5.82. The van der Waals surface area contributed by atoms with E-state index >= 15 is 0 Å². The number of hydrogen-bond acceptors (Lipinski definition) is 8. The first-order valence-corrected chi connectivity index (χ1v) is 11.7. The van der Waals surface area contributed by atoms with E-state index in [1.165, 1.54) is 0 Å². The van der Waals surface area contributed by atoms with Crippen LogP contribution in [-0.4, -0.2) is 51.6 Å². The van der Waals surface area contributed by atoms with Gasteiger partial charge in [-0.05, 0) is 61.0 Å². The molecule has 0 bridgehead atoms. The van der Waals surface area contributed by atoms with E-state index in [4.69, 9.17) is 13.9 Å². The lowest BCUT2D eigenvalue weighted by Gasteiger charge is -2.16. The summed E-state index contributed by atoms with van der Waals surface area (Å²) in [6, 6.07) is 15.6. The summed E-state index contributed by atoms with van der Waals surface area (Å²) in [5.41, 5.74) is 2.02. The summed E-state index contributed by atoms with van der Waals surface area (Å²) in [7, 11) is 1.73. The largest absolute Gasteiger partial charge is 0.480 e. The number of hydrogen-bond donors (Lipinski definition) is 1. The van der Waals surface area contributed by atoms with Crippen LogP contribution in [0.5, 0.6) is 17.2 Å². The fraction of sp³-hybridized carbons (Fsp3) is 0.222. The number of carbonyl (C=O) groups excluding carboxylic acids is 2. The number of amides is 2. The molecule has 1 fully saturated rings. The molecule has 5 rings (SSSR count). The number of anilines is 1. The summed E-state index contributed by atoms with van der Waals surface area (Å²) in [6.07, 6.45) is 1.57. The first kappa shape index (κ1) is 24.0. The monoisotopic (exact) mass is 499 g/mol. The van der Waals surface area contributed by atoms with Crippen molar-refractivity contribution < 1.29 is 23.5 Å². The molecule has 3 heterocycles. The van der Waals surface area contributed by atoms with Gasteiger partial charge in [0.05, 0.1) is 0 Å². The summed E-state index contributed by atoms with van der Waals surface area (Å²) < 4.78 is 17.5. The summed E-state index contributed by atoms with van der Waals surface area (Å²) in [5.74, 6) is 2.09. The molecule has 188 valence electrons. The molecule has 0 saturated carbocycles. The van der Waals surface area contributed by atoms with Crippen molar-refractivity contribution in [2.75, 3.05) is 18.9 Å². The number of aromatic nitrogens is 3. The molecule has 1 aliphatic rings. The summed E-state index contributed by atoms with van der Waals surface area (Å²) in [5, 5.41) is 10.7. The minimum atomic E-state index is -0.619. The number of nitrogens with zero attached hydrogens (tertiary/aromatic N) is 4. The van der Waals surface area contributed by atoms with E-state index in [0.29, 0.717) is 53.4 Å². The fourth-order valence-corrected chi connectivity index (χ4v) is 3.90. The Hall–Kier alpha value is -4.73. The molecule has 4 aromatic rings. The Bertz CT molecular complexity index is 1450. The van der Waals surface area contributed by atoms with Crippen LogP contribution in [0.1, 0.15) is 28.2 Å². The molecule has 1 aliphatic heterocycles. The van der Waals surface area contributed by atoms with E-state index in [9.17, 15) is 9.59 Å². The van der Waals surface area contributed by atoms with Crippen molar-refractivity contribution in [2.24, 2.45) is 0 Å². The van der Waals surface area contributed by atoms with Crippen LogP contribution < -0.4 is 14.8 Å². The van der Waals surface area contributed by atoms with Crippen LogP contribution in [0.4, 0.5) is 5.82 Å². The van der Waals surface area contributed by atoms with Gasteiger partial charge in [0.1, 0.15) is 23.1 Å². The summed E-state index contributed by atoms with van der Waals surface area (Å²) in [6.45, 7) is 4.25. The predicted molar refractivity (Wildman–Crippen MR) is 135 cm³/mol. The second-order valence-electron chi connectivity index (χ2n) is 8.77. The topological polar surface area (TPSA) is 120 Å². The maximum atomic E-state index is 13.1. The molecule has 1 saturated heterocycles. The Kier molecular flexibility index (Phi) is 6.55. The maximum Gasteiger partial charge on any atom is 0.263 e. The number of likely N-dealkylation sites (N-methyl/N-ethyl adjacent to an activating group) is 1. The van der Waals surface area contributed by atoms with Gasteiger partial charge in [-0.2, -0.15) is 0 Å².